The van der Waals surface area contributed by atoms with Crippen LogP contribution in [0.5, 0.6) is 0 Å². The number of benzene rings is 3. The number of rotatable bonds is 1. The molecule has 0 radical (unpaired) electrons. The minimum Gasteiger partial charge on any atom is -0.258 e. The van der Waals surface area contributed by atoms with Crippen molar-refractivity contribution < 1.29 is 4.92 Å². The fourth-order valence-corrected chi connectivity index (χ4v) is 11.2. The van der Waals surface area contributed by atoms with Gasteiger partial charge in [0.15, 0.2) is 10.3 Å². The molecule has 3 aromatic carbocycles. The summed E-state index contributed by atoms with van der Waals surface area (Å²) in [6.45, 7) is 0. The van der Waals surface area contributed by atoms with Crippen LogP contribution < -0.4 is 0 Å². The molecule has 0 N–H and O–H groups in total. The van der Waals surface area contributed by atoms with Crippen molar-refractivity contribution in [1.29, 1.82) is 0 Å². The highest BCUT2D eigenvalue weighted by atomic mass is 32.9. The first kappa shape index (κ1) is 12.5. The Balaban J connectivity index is 2.17. The van der Waals surface area contributed by atoms with Crippen LogP contribution in [0.2, 0.25) is 0 Å². The van der Waals surface area contributed by atoms with Crippen molar-refractivity contribution >= 4 is 117 Å². The van der Waals surface area contributed by atoms with Gasteiger partial charge in [-0.05, 0) is 12.1 Å². The van der Waals surface area contributed by atoms with Crippen LogP contribution in [0.4, 0.5) is 5.69 Å². The summed E-state index contributed by atoms with van der Waals surface area (Å²) in [5, 5.41) is 16.5. The number of nitro groups is 1. The van der Waals surface area contributed by atoms with E-state index >= 15 is 0 Å². The van der Waals surface area contributed by atoms with Crippen molar-refractivity contribution in [3.05, 3.63) is 22.2 Å². The molecule has 9 heteroatoms. The molecule has 0 atom stereocenters. The zero-order chi connectivity index (χ0) is 14.6. The van der Waals surface area contributed by atoms with Crippen LogP contribution in [-0.2, 0) is 0 Å². The molecule has 0 saturated heterocycles. The van der Waals surface area contributed by atoms with Gasteiger partial charge in [-0.3, -0.25) is 10.1 Å². The van der Waals surface area contributed by atoms with Gasteiger partial charge in [0.05, 0.1) is 10.3 Å². The second-order valence-corrected chi connectivity index (χ2v) is 11.6. The van der Waals surface area contributed by atoms with E-state index in [4.69, 9.17) is 0 Å². The summed E-state index contributed by atoms with van der Waals surface area (Å²) in [4.78, 5) is 11.5. The normalized spacial score (nSPS) is 12.9. The molecule has 0 fully saturated rings. The molecule has 0 saturated carbocycles. The Morgan fingerprint density at radius 3 is 2.32 bits per heavy atom. The molecule has 3 heterocycles. The maximum atomic E-state index is 11.7. The van der Waals surface area contributed by atoms with Gasteiger partial charge in [-0.15, -0.1) is 0 Å². The monoisotopic (exact) mass is 396 g/mol. The quantitative estimate of drug-likeness (QED) is 0.125. The molecular weight excluding hydrogens is 395 g/mol. The Bertz CT molecular complexity index is 1270. The van der Waals surface area contributed by atoms with Crippen molar-refractivity contribution in [3.8, 4) is 0 Å². The average Bonchev–Trinajstić information content (AvgIpc) is 3.20. The second kappa shape index (κ2) is 3.92. The summed E-state index contributed by atoms with van der Waals surface area (Å²) in [6, 6.07) is 4.42. The maximum absolute atomic E-state index is 11.7. The van der Waals surface area contributed by atoms with E-state index in [-0.39, 0.29) is 4.92 Å². The fourth-order valence-electron chi connectivity index (χ4n) is 3.16. The van der Waals surface area contributed by atoms with E-state index in [0.29, 0.717) is 5.69 Å². The Morgan fingerprint density at radius 2 is 1.55 bits per heavy atom. The van der Waals surface area contributed by atoms with E-state index in [0.717, 1.165) is 20.2 Å². The van der Waals surface area contributed by atoms with Crippen molar-refractivity contribution in [2.45, 2.75) is 0 Å². The topological polar surface area (TPSA) is 43.1 Å². The standard InChI is InChI=1S/C13H2NO2S6/c15-14(16)11-12-8-5(19-21-12)1-3-7-4(18-17-3)2-6-9(10(7)8)13(11)22-20-6/h1-2H/q+1. The van der Waals surface area contributed by atoms with Crippen LogP contribution in [0.3, 0.4) is 0 Å². The molecule has 6 rings (SSSR count). The van der Waals surface area contributed by atoms with Crippen molar-refractivity contribution in [2.75, 3.05) is 0 Å². The lowest BCUT2D eigenvalue weighted by Gasteiger charge is -2.04. The lowest BCUT2D eigenvalue weighted by atomic mass is 9.99. The van der Waals surface area contributed by atoms with Gasteiger partial charge < -0.3 is 0 Å². The summed E-state index contributed by atoms with van der Waals surface area (Å²) in [5.41, 5.74) is 0.307. The molecule has 6 aromatic rings. The van der Waals surface area contributed by atoms with Gasteiger partial charge in [0, 0.05) is 30.3 Å². The SMILES string of the molecule is O=[N+]([O-])c1c2ssc3cc4ssc5cc6s[s+]c1c6c(c45)c32. The number of non-ortho nitro benzene ring substituents is 1. The van der Waals surface area contributed by atoms with Crippen LogP contribution in [0.1, 0.15) is 0 Å². The minimum absolute atomic E-state index is 0.199. The minimum atomic E-state index is -0.199. The van der Waals surface area contributed by atoms with Gasteiger partial charge in [-0.2, -0.15) is 0 Å². The third kappa shape index (κ3) is 1.26. The molecule has 0 amide bonds. The average molecular weight is 397 g/mol. The molecular formula is C13H2NO2S6+. The van der Waals surface area contributed by atoms with Crippen LogP contribution in [0, 0.1) is 10.1 Å². The van der Waals surface area contributed by atoms with E-state index < -0.39 is 0 Å². The molecule has 106 valence electrons. The summed E-state index contributed by atoms with van der Waals surface area (Å²) in [5.74, 6) is 0. The highest BCUT2D eigenvalue weighted by molar-refractivity contribution is 7.77. The zero-order valence-electron chi connectivity index (χ0n) is 10.4. The Kier molecular flexibility index (Phi) is 2.22. The van der Waals surface area contributed by atoms with Gasteiger partial charge in [0.25, 0.3) is 0 Å². The van der Waals surface area contributed by atoms with E-state index in [1.807, 2.05) is 0 Å². The summed E-state index contributed by atoms with van der Waals surface area (Å²) >= 11 is 0. The molecule has 0 aliphatic heterocycles. The Hall–Kier alpha value is -0.970. The van der Waals surface area contributed by atoms with E-state index in [1.165, 1.54) is 29.6 Å². The second-order valence-electron chi connectivity index (χ2n) is 5.01. The third-order valence-electron chi connectivity index (χ3n) is 3.98. The lowest BCUT2D eigenvalue weighted by Crippen LogP contribution is -1.90. The Labute approximate surface area is 143 Å². The van der Waals surface area contributed by atoms with Crippen molar-refractivity contribution in [3.63, 3.8) is 0 Å². The molecule has 22 heavy (non-hydrogen) atoms. The molecule has 3 aromatic heterocycles. The van der Waals surface area contributed by atoms with Gasteiger partial charge >= 0.3 is 20.7 Å². The lowest BCUT2D eigenvalue weighted by molar-refractivity contribution is -0.380. The molecule has 0 spiro atoms. The number of nitrogens with zero attached hydrogens (tertiary/aromatic N) is 1. The predicted octanol–water partition coefficient (Wildman–Crippen LogP) is 7.45. The maximum Gasteiger partial charge on any atom is 0.354 e. The molecule has 0 unspecified atom stereocenters. The molecule has 0 bridgehead atoms. The van der Waals surface area contributed by atoms with Gasteiger partial charge in [0.2, 0.25) is 0 Å². The van der Waals surface area contributed by atoms with Crippen LogP contribution in [0.25, 0.3) is 49.7 Å². The summed E-state index contributed by atoms with van der Waals surface area (Å²) in [6.07, 6.45) is 0. The number of hydrogen-bond acceptors (Lipinski definition) is 7. The molecule has 0 aliphatic rings. The highest BCUT2D eigenvalue weighted by Gasteiger charge is 2.35. The summed E-state index contributed by atoms with van der Waals surface area (Å²) in [7, 11) is 10.0. The zero-order valence-corrected chi connectivity index (χ0v) is 15.3. The van der Waals surface area contributed by atoms with Crippen LogP contribution >= 0.6 is 62.0 Å². The predicted molar refractivity (Wildman–Crippen MR) is 103 cm³/mol. The van der Waals surface area contributed by atoms with Crippen LogP contribution in [0.15, 0.2) is 12.1 Å². The van der Waals surface area contributed by atoms with Crippen LogP contribution in [-0.4, -0.2) is 4.92 Å². The Morgan fingerprint density at radius 1 is 0.864 bits per heavy atom. The summed E-state index contributed by atoms with van der Waals surface area (Å²) < 4.78 is 6.65. The van der Waals surface area contributed by atoms with Crippen molar-refractivity contribution in [1.82, 2.24) is 0 Å². The van der Waals surface area contributed by atoms with E-state index in [1.54, 1.807) is 62.0 Å². The first-order valence-corrected chi connectivity index (χ1v) is 12.7. The number of nitro benzene ring substituents is 1. The van der Waals surface area contributed by atoms with Crippen molar-refractivity contribution in [2.24, 2.45) is 0 Å². The van der Waals surface area contributed by atoms with Gasteiger partial charge in [0.1, 0.15) is 9.40 Å². The smallest absolute Gasteiger partial charge is 0.258 e. The van der Waals surface area contributed by atoms with Gasteiger partial charge in [-0.1, -0.05) is 41.4 Å². The fraction of sp³-hybridized carbons (Fsp3) is 0. The van der Waals surface area contributed by atoms with E-state index in [2.05, 4.69) is 12.1 Å². The molecule has 3 nitrogen and oxygen atoms in total. The van der Waals surface area contributed by atoms with Gasteiger partial charge in [-0.25, -0.2) is 0 Å². The van der Waals surface area contributed by atoms with E-state index in [9.17, 15) is 10.1 Å². The highest BCUT2D eigenvalue weighted by Crippen LogP contribution is 2.56. The molecule has 0 aliphatic carbocycles. The first-order valence-electron chi connectivity index (χ1n) is 6.22. The first-order chi connectivity index (χ1) is 10.7. The third-order valence-corrected chi connectivity index (χ3v) is 11.3. The number of hydrogen-bond donors (Lipinski definition) is 0. The largest absolute Gasteiger partial charge is 0.354 e.